The smallest absolute Gasteiger partial charge is 0.261 e. The second-order valence-corrected chi connectivity index (χ2v) is 9.64. The Hall–Kier alpha value is -3.27. The summed E-state index contributed by atoms with van der Waals surface area (Å²) >= 11 is 12.5. The van der Waals surface area contributed by atoms with E-state index in [1.807, 2.05) is 60.7 Å². The van der Waals surface area contributed by atoms with E-state index in [2.05, 4.69) is 47.5 Å². The van der Waals surface area contributed by atoms with Crippen LogP contribution in [0.3, 0.4) is 0 Å². The van der Waals surface area contributed by atoms with Gasteiger partial charge in [0.1, 0.15) is 11.3 Å². The number of amides is 1. The molecule has 35 heavy (non-hydrogen) atoms. The Morgan fingerprint density at radius 1 is 1.03 bits per heavy atom. The first-order valence-corrected chi connectivity index (χ1v) is 12.5. The van der Waals surface area contributed by atoms with Gasteiger partial charge in [-0.05, 0) is 91.2 Å². The number of benzene rings is 4. The molecule has 0 radical (unpaired) electrons. The third kappa shape index (κ3) is 4.67. The topological polar surface area (TPSA) is 76.4 Å². The van der Waals surface area contributed by atoms with Gasteiger partial charge in [0.05, 0.1) is 22.7 Å². The number of rotatable bonds is 4. The number of halogens is 2. The van der Waals surface area contributed by atoms with Crippen molar-refractivity contribution < 1.29 is 13.9 Å². The molecule has 0 fully saturated rings. The molecule has 2 N–H and O–H groups in total. The molecule has 0 aliphatic heterocycles. The Morgan fingerprint density at radius 3 is 2.60 bits per heavy atom. The average molecular weight is 611 g/mol. The lowest BCUT2D eigenvalue weighted by Gasteiger charge is -2.14. The highest BCUT2D eigenvalue weighted by atomic mass is 79.9. The number of hydrogen-bond donors (Lipinski definition) is 2. The number of ether oxygens (including phenoxy) is 1. The van der Waals surface area contributed by atoms with Crippen LogP contribution in [-0.2, 0) is 0 Å². The summed E-state index contributed by atoms with van der Waals surface area (Å²) in [5, 5.41) is 7.77. The molecule has 1 amide bonds. The molecule has 0 aliphatic carbocycles. The lowest BCUT2D eigenvalue weighted by Crippen LogP contribution is -2.34. The van der Waals surface area contributed by atoms with Crippen molar-refractivity contribution in [1.29, 1.82) is 0 Å². The summed E-state index contributed by atoms with van der Waals surface area (Å²) in [5.74, 6) is 0.562. The third-order valence-corrected chi connectivity index (χ3v) is 7.05. The van der Waals surface area contributed by atoms with Crippen LogP contribution in [-0.4, -0.2) is 23.1 Å². The van der Waals surface area contributed by atoms with Crippen molar-refractivity contribution in [3.05, 3.63) is 87.3 Å². The molecule has 174 valence electrons. The lowest BCUT2D eigenvalue weighted by molar-refractivity contribution is 0.0975. The lowest BCUT2D eigenvalue weighted by atomic mass is 10.1. The van der Waals surface area contributed by atoms with Crippen molar-refractivity contribution in [2.75, 3.05) is 12.4 Å². The normalized spacial score (nSPS) is 10.9. The zero-order chi connectivity index (χ0) is 24.5. The third-order valence-electron chi connectivity index (χ3n) is 5.37. The van der Waals surface area contributed by atoms with E-state index in [-0.39, 0.29) is 11.0 Å². The number of anilines is 1. The summed E-state index contributed by atoms with van der Waals surface area (Å²) in [7, 11) is 1.53. The molecule has 0 aliphatic rings. The van der Waals surface area contributed by atoms with Crippen LogP contribution in [0.1, 0.15) is 10.4 Å². The number of thiocarbonyl (C=S) groups is 1. The minimum absolute atomic E-state index is 0.148. The van der Waals surface area contributed by atoms with Crippen molar-refractivity contribution >= 4 is 82.7 Å². The van der Waals surface area contributed by atoms with Gasteiger partial charge < -0.3 is 14.5 Å². The zero-order valence-electron chi connectivity index (χ0n) is 18.3. The van der Waals surface area contributed by atoms with Crippen LogP contribution in [0.2, 0.25) is 0 Å². The Labute approximate surface area is 222 Å². The molecule has 0 saturated carbocycles. The monoisotopic (exact) mass is 609 g/mol. The Kier molecular flexibility index (Phi) is 6.55. The average Bonchev–Trinajstić information content (AvgIpc) is 3.27. The van der Waals surface area contributed by atoms with Crippen molar-refractivity contribution in [1.82, 2.24) is 10.3 Å². The van der Waals surface area contributed by atoms with E-state index in [1.54, 1.807) is 12.1 Å². The standard InChI is InChI=1S/C26H17Br2N3O3S/c1-33-23-18(12-14-6-2-3-7-16(14)22(23)28)24(32)31-26(35)29-15-10-11-21-20(13-15)30-25(34-21)17-8-4-5-9-19(17)27/h2-13H,1H3,(H2,29,31,32,35). The minimum atomic E-state index is -0.385. The number of aromatic nitrogens is 1. The van der Waals surface area contributed by atoms with Crippen LogP contribution in [0.4, 0.5) is 5.69 Å². The van der Waals surface area contributed by atoms with Crippen LogP contribution >= 0.6 is 44.1 Å². The van der Waals surface area contributed by atoms with Gasteiger partial charge in [-0.2, -0.15) is 0 Å². The van der Waals surface area contributed by atoms with E-state index in [4.69, 9.17) is 21.4 Å². The van der Waals surface area contributed by atoms with Crippen LogP contribution in [0.25, 0.3) is 33.3 Å². The van der Waals surface area contributed by atoms with Crippen LogP contribution in [0, 0.1) is 0 Å². The highest BCUT2D eigenvalue weighted by Gasteiger charge is 2.19. The second kappa shape index (κ2) is 9.77. The predicted octanol–water partition coefficient (Wildman–Crippen LogP) is 7.31. The first-order chi connectivity index (χ1) is 16.9. The highest BCUT2D eigenvalue weighted by molar-refractivity contribution is 9.11. The summed E-state index contributed by atoms with van der Waals surface area (Å²) < 4.78 is 13.0. The Balaban J connectivity index is 1.36. The summed E-state index contributed by atoms with van der Waals surface area (Å²) in [5.41, 5.74) is 3.20. The van der Waals surface area contributed by atoms with E-state index in [0.29, 0.717) is 38.5 Å². The second-order valence-electron chi connectivity index (χ2n) is 7.58. The van der Waals surface area contributed by atoms with Gasteiger partial charge in [-0.25, -0.2) is 4.98 Å². The SMILES string of the molecule is COc1c(C(=O)NC(=S)Nc2ccc3oc(-c4ccccc4Br)nc3c2)cc2ccccc2c1Br. The van der Waals surface area contributed by atoms with Gasteiger partial charge in [-0.3, -0.25) is 10.1 Å². The summed E-state index contributed by atoms with van der Waals surface area (Å²) in [6, 6.07) is 22.6. The fraction of sp³-hybridized carbons (Fsp3) is 0.0385. The van der Waals surface area contributed by atoms with E-state index in [1.165, 1.54) is 7.11 Å². The van der Waals surface area contributed by atoms with Gasteiger partial charge in [0.15, 0.2) is 10.7 Å². The first-order valence-electron chi connectivity index (χ1n) is 10.5. The summed E-state index contributed by atoms with van der Waals surface area (Å²) in [6.45, 7) is 0. The number of oxazole rings is 1. The van der Waals surface area contributed by atoms with Gasteiger partial charge in [-0.1, -0.05) is 36.4 Å². The molecule has 9 heteroatoms. The van der Waals surface area contributed by atoms with Crippen molar-refractivity contribution in [2.45, 2.75) is 0 Å². The molecule has 4 aromatic carbocycles. The maximum atomic E-state index is 13.1. The molecule has 0 bridgehead atoms. The number of fused-ring (bicyclic) bond motifs is 2. The first kappa shape index (κ1) is 23.5. The molecule has 0 saturated heterocycles. The number of nitrogens with zero attached hydrogens (tertiary/aromatic N) is 1. The number of methoxy groups -OCH3 is 1. The fourth-order valence-corrected chi connectivity index (χ4v) is 5.14. The van der Waals surface area contributed by atoms with Gasteiger partial charge in [0.25, 0.3) is 5.91 Å². The summed E-state index contributed by atoms with van der Waals surface area (Å²) in [4.78, 5) is 17.6. The van der Waals surface area contributed by atoms with Crippen LogP contribution in [0.5, 0.6) is 5.75 Å². The van der Waals surface area contributed by atoms with Gasteiger partial charge in [0.2, 0.25) is 5.89 Å². The molecule has 0 atom stereocenters. The molecule has 6 nitrogen and oxygen atoms in total. The molecule has 5 aromatic rings. The van der Waals surface area contributed by atoms with Crippen molar-refractivity contribution in [3.63, 3.8) is 0 Å². The van der Waals surface area contributed by atoms with E-state index >= 15 is 0 Å². The zero-order valence-corrected chi connectivity index (χ0v) is 22.3. The molecule has 1 aromatic heterocycles. The Morgan fingerprint density at radius 2 is 1.80 bits per heavy atom. The van der Waals surface area contributed by atoms with E-state index in [9.17, 15) is 4.79 Å². The van der Waals surface area contributed by atoms with Crippen molar-refractivity contribution in [3.8, 4) is 17.2 Å². The minimum Gasteiger partial charge on any atom is -0.495 e. The quantitative estimate of drug-likeness (QED) is 0.208. The van der Waals surface area contributed by atoms with Crippen LogP contribution in [0.15, 0.2) is 86.2 Å². The Bertz CT molecular complexity index is 1620. The molecular formula is C26H17Br2N3O3S. The molecule has 1 heterocycles. The van der Waals surface area contributed by atoms with E-state index < -0.39 is 0 Å². The van der Waals surface area contributed by atoms with Gasteiger partial charge in [0, 0.05) is 10.2 Å². The largest absolute Gasteiger partial charge is 0.495 e. The van der Waals surface area contributed by atoms with E-state index in [0.717, 1.165) is 20.8 Å². The fourth-order valence-electron chi connectivity index (χ4n) is 3.74. The van der Waals surface area contributed by atoms with Gasteiger partial charge in [-0.15, -0.1) is 0 Å². The molecular weight excluding hydrogens is 594 g/mol. The number of carbonyl (C=O) groups is 1. The molecule has 0 unspecified atom stereocenters. The summed E-state index contributed by atoms with van der Waals surface area (Å²) in [6.07, 6.45) is 0. The van der Waals surface area contributed by atoms with Crippen molar-refractivity contribution in [2.24, 2.45) is 0 Å². The highest BCUT2D eigenvalue weighted by Crippen LogP contribution is 2.36. The predicted molar refractivity (Wildman–Crippen MR) is 149 cm³/mol. The number of carbonyl (C=O) groups excluding carboxylic acids is 1. The number of nitrogens with one attached hydrogen (secondary N) is 2. The van der Waals surface area contributed by atoms with Crippen LogP contribution < -0.4 is 15.4 Å². The number of hydrogen-bond acceptors (Lipinski definition) is 5. The molecule has 5 rings (SSSR count). The van der Waals surface area contributed by atoms with Gasteiger partial charge >= 0.3 is 0 Å². The molecule has 0 spiro atoms. The maximum Gasteiger partial charge on any atom is 0.261 e. The maximum absolute atomic E-state index is 13.1.